The van der Waals surface area contributed by atoms with E-state index < -0.39 is 5.97 Å². The van der Waals surface area contributed by atoms with Crippen molar-refractivity contribution in [2.24, 2.45) is 0 Å². The van der Waals surface area contributed by atoms with E-state index in [1.165, 1.54) is 24.3 Å². The first kappa shape index (κ1) is 12.0. The Kier molecular flexibility index (Phi) is 3.73. The normalized spacial score (nSPS) is 10.0. The van der Waals surface area contributed by atoms with Gasteiger partial charge in [-0.05, 0) is 71.1 Å². The minimum atomic E-state index is -0.494. The second kappa shape index (κ2) is 5.27. The number of hydrogen-bond donors (Lipinski definition) is 0. The van der Waals surface area contributed by atoms with Crippen LogP contribution >= 0.6 is 22.6 Å². The van der Waals surface area contributed by atoms with Gasteiger partial charge in [0.15, 0.2) is 0 Å². The molecule has 0 fully saturated rings. The van der Waals surface area contributed by atoms with Crippen LogP contribution in [0.2, 0.25) is 0 Å². The second-order valence-electron chi connectivity index (χ2n) is 3.35. The standard InChI is InChI=1S/C13H8FIO2/c14-10-3-1-9(2-4-10)13(16)17-12-7-5-11(15)6-8-12/h1-8H. The zero-order chi connectivity index (χ0) is 12.3. The minimum absolute atomic E-state index is 0.324. The number of hydrogen-bond acceptors (Lipinski definition) is 2. The third-order valence-corrected chi connectivity index (χ3v) is 2.82. The molecule has 0 N–H and O–H groups in total. The van der Waals surface area contributed by atoms with Gasteiger partial charge in [-0.15, -0.1) is 0 Å². The molecule has 2 aromatic carbocycles. The summed E-state index contributed by atoms with van der Waals surface area (Å²) < 4.78 is 18.9. The smallest absolute Gasteiger partial charge is 0.343 e. The number of carbonyl (C=O) groups is 1. The lowest BCUT2D eigenvalue weighted by Gasteiger charge is -2.04. The molecule has 0 radical (unpaired) electrons. The van der Waals surface area contributed by atoms with Crippen LogP contribution in [0.25, 0.3) is 0 Å². The van der Waals surface area contributed by atoms with Crippen molar-refractivity contribution in [3.8, 4) is 5.75 Å². The lowest BCUT2D eigenvalue weighted by Crippen LogP contribution is -2.08. The maximum absolute atomic E-state index is 12.7. The molecular formula is C13H8FIO2. The van der Waals surface area contributed by atoms with Gasteiger partial charge in [-0.1, -0.05) is 0 Å². The van der Waals surface area contributed by atoms with Crippen molar-refractivity contribution in [2.75, 3.05) is 0 Å². The summed E-state index contributed by atoms with van der Waals surface area (Å²) in [7, 11) is 0. The zero-order valence-electron chi connectivity index (χ0n) is 8.69. The molecule has 86 valence electrons. The van der Waals surface area contributed by atoms with Crippen LogP contribution in [-0.2, 0) is 0 Å². The summed E-state index contributed by atoms with van der Waals surface area (Å²) in [6.07, 6.45) is 0. The Morgan fingerprint density at radius 2 is 1.59 bits per heavy atom. The molecule has 0 aliphatic rings. The van der Waals surface area contributed by atoms with E-state index in [9.17, 15) is 9.18 Å². The first-order valence-electron chi connectivity index (χ1n) is 4.88. The van der Waals surface area contributed by atoms with Gasteiger partial charge in [-0.3, -0.25) is 0 Å². The van der Waals surface area contributed by atoms with Gasteiger partial charge in [-0.2, -0.15) is 0 Å². The fourth-order valence-electron chi connectivity index (χ4n) is 1.25. The third kappa shape index (κ3) is 3.26. The molecule has 0 atom stereocenters. The van der Waals surface area contributed by atoms with E-state index in [0.717, 1.165) is 3.57 Å². The zero-order valence-corrected chi connectivity index (χ0v) is 10.8. The topological polar surface area (TPSA) is 26.3 Å². The monoisotopic (exact) mass is 342 g/mol. The highest BCUT2D eigenvalue weighted by Crippen LogP contribution is 2.15. The number of benzene rings is 2. The molecule has 0 saturated carbocycles. The van der Waals surface area contributed by atoms with Gasteiger partial charge in [0.05, 0.1) is 5.56 Å². The average molecular weight is 342 g/mol. The maximum atomic E-state index is 12.7. The van der Waals surface area contributed by atoms with Crippen LogP contribution in [0.15, 0.2) is 48.5 Å². The molecule has 0 aliphatic heterocycles. The van der Waals surface area contributed by atoms with Gasteiger partial charge >= 0.3 is 5.97 Å². The molecular weight excluding hydrogens is 334 g/mol. The maximum Gasteiger partial charge on any atom is 0.343 e. The molecule has 2 nitrogen and oxygen atoms in total. The number of carbonyl (C=O) groups excluding carboxylic acids is 1. The summed E-state index contributed by atoms with van der Waals surface area (Å²) in [4.78, 5) is 11.7. The van der Waals surface area contributed by atoms with E-state index in [2.05, 4.69) is 22.6 Å². The lowest BCUT2D eigenvalue weighted by atomic mass is 10.2. The molecule has 0 unspecified atom stereocenters. The molecule has 0 bridgehead atoms. The summed E-state index contributed by atoms with van der Waals surface area (Å²) in [5.74, 6) is -0.401. The van der Waals surface area contributed by atoms with E-state index >= 15 is 0 Å². The molecule has 0 aliphatic carbocycles. The Bertz CT molecular complexity index is 520. The Morgan fingerprint density at radius 1 is 1.00 bits per heavy atom. The SMILES string of the molecule is O=C(Oc1ccc(I)cc1)c1ccc(F)cc1. The first-order valence-corrected chi connectivity index (χ1v) is 5.96. The molecule has 0 heterocycles. The lowest BCUT2D eigenvalue weighted by molar-refractivity contribution is 0.0734. The van der Waals surface area contributed by atoms with Crippen LogP contribution in [0, 0.1) is 9.39 Å². The summed E-state index contributed by atoms with van der Waals surface area (Å²) >= 11 is 2.16. The Morgan fingerprint density at radius 3 is 2.18 bits per heavy atom. The molecule has 0 aromatic heterocycles. The molecule has 2 rings (SSSR count). The van der Waals surface area contributed by atoms with Gasteiger partial charge in [0, 0.05) is 3.57 Å². The molecule has 0 spiro atoms. The molecule has 17 heavy (non-hydrogen) atoms. The number of halogens is 2. The summed E-state index contributed by atoms with van der Waals surface area (Å²) in [5, 5.41) is 0. The van der Waals surface area contributed by atoms with Crippen LogP contribution in [-0.4, -0.2) is 5.97 Å². The predicted octanol–water partition coefficient (Wildman–Crippen LogP) is 3.65. The largest absolute Gasteiger partial charge is 0.423 e. The van der Waals surface area contributed by atoms with Crippen LogP contribution in [0.5, 0.6) is 5.75 Å². The van der Waals surface area contributed by atoms with Gasteiger partial charge in [-0.25, -0.2) is 9.18 Å². The van der Waals surface area contributed by atoms with E-state index in [4.69, 9.17) is 4.74 Å². The van der Waals surface area contributed by atoms with Crippen molar-refractivity contribution in [1.29, 1.82) is 0 Å². The Hall–Kier alpha value is -1.43. The number of rotatable bonds is 2. The molecule has 4 heteroatoms. The van der Waals surface area contributed by atoms with Crippen molar-refractivity contribution in [3.63, 3.8) is 0 Å². The Labute approximate surface area is 112 Å². The van der Waals surface area contributed by atoms with Crippen LogP contribution in [0.3, 0.4) is 0 Å². The van der Waals surface area contributed by atoms with Crippen LogP contribution < -0.4 is 4.74 Å². The van der Waals surface area contributed by atoms with E-state index in [1.807, 2.05) is 12.1 Å². The second-order valence-corrected chi connectivity index (χ2v) is 4.60. The van der Waals surface area contributed by atoms with Crippen molar-refractivity contribution < 1.29 is 13.9 Å². The molecule has 0 amide bonds. The van der Waals surface area contributed by atoms with E-state index in [0.29, 0.717) is 11.3 Å². The summed E-state index contributed by atoms with van der Waals surface area (Å²) in [5.41, 5.74) is 0.324. The van der Waals surface area contributed by atoms with E-state index in [-0.39, 0.29) is 5.82 Å². The van der Waals surface area contributed by atoms with Gasteiger partial charge in [0.2, 0.25) is 0 Å². The van der Waals surface area contributed by atoms with Gasteiger partial charge in [0.1, 0.15) is 11.6 Å². The minimum Gasteiger partial charge on any atom is -0.423 e. The molecule has 0 saturated heterocycles. The highest BCUT2D eigenvalue weighted by atomic mass is 127. The number of ether oxygens (including phenoxy) is 1. The quantitative estimate of drug-likeness (QED) is 0.473. The average Bonchev–Trinajstić information content (AvgIpc) is 2.33. The van der Waals surface area contributed by atoms with Gasteiger partial charge < -0.3 is 4.74 Å². The highest BCUT2D eigenvalue weighted by Gasteiger charge is 2.08. The third-order valence-electron chi connectivity index (χ3n) is 2.10. The first-order chi connectivity index (χ1) is 8.15. The van der Waals surface area contributed by atoms with Crippen LogP contribution in [0.1, 0.15) is 10.4 Å². The predicted molar refractivity (Wildman–Crippen MR) is 70.5 cm³/mol. The van der Waals surface area contributed by atoms with Crippen molar-refractivity contribution in [2.45, 2.75) is 0 Å². The summed E-state index contributed by atoms with van der Waals surface area (Å²) in [6, 6.07) is 12.3. The highest BCUT2D eigenvalue weighted by molar-refractivity contribution is 14.1. The molecule has 2 aromatic rings. The van der Waals surface area contributed by atoms with Crippen LogP contribution in [0.4, 0.5) is 4.39 Å². The van der Waals surface area contributed by atoms with Crippen molar-refractivity contribution in [1.82, 2.24) is 0 Å². The number of esters is 1. The van der Waals surface area contributed by atoms with Crippen molar-refractivity contribution in [3.05, 3.63) is 63.5 Å². The summed E-state index contributed by atoms with van der Waals surface area (Å²) in [6.45, 7) is 0. The Balaban J connectivity index is 2.11. The fourth-order valence-corrected chi connectivity index (χ4v) is 1.61. The van der Waals surface area contributed by atoms with Crippen molar-refractivity contribution >= 4 is 28.6 Å². The van der Waals surface area contributed by atoms with E-state index in [1.54, 1.807) is 12.1 Å². The fraction of sp³-hybridized carbons (Fsp3) is 0. The van der Waals surface area contributed by atoms with Gasteiger partial charge in [0.25, 0.3) is 0 Å².